The topological polar surface area (TPSA) is 55.8 Å². The summed E-state index contributed by atoms with van der Waals surface area (Å²) in [6.07, 6.45) is -1.60. The van der Waals surface area contributed by atoms with E-state index in [2.05, 4.69) is 12.1 Å². The molecule has 0 aromatic heterocycles. The summed E-state index contributed by atoms with van der Waals surface area (Å²) in [6.45, 7) is 6.98. The maximum atomic E-state index is 12.6. The van der Waals surface area contributed by atoms with Gasteiger partial charge in [-0.3, -0.25) is 0 Å². The average molecular weight is 339 g/mol. The van der Waals surface area contributed by atoms with Gasteiger partial charge in [-0.2, -0.15) is 4.90 Å². The van der Waals surface area contributed by atoms with E-state index in [1.165, 1.54) is 0 Å². The Labute approximate surface area is 148 Å². The zero-order valence-electron chi connectivity index (χ0n) is 14.8. The van der Waals surface area contributed by atoms with Gasteiger partial charge in [0, 0.05) is 5.56 Å². The second kappa shape index (κ2) is 7.71. The number of hydrogen-bond donors (Lipinski definition) is 0. The third-order valence-electron chi connectivity index (χ3n) is 3.17. The lowest BCUT2D eigenvalue weighted by Gasteiger charge is -2.26. The van der Waals surface area contributed by atoms with Crippen LogP contribution in [0.25, 0.3) is 0 Å². The van der Waals surface area contributed by atoms with E-state index in [-0.39, 0.29) is 6.61 Å². The molecule has 0 bridgehead atoms. The standard InChI is InChI=1S/C20H21NO4/c1-15-10-8-9-13-17(15)21(19(23)25-20(2,3)4)18(22)24-14-16-11-6-5-7-12-16/h5-7,9,11-13H,14H2,1-4H3. The van der Waals surface area contributed by atoms with Gasteiger partial charge < -0.3 is 9.47 Å². The van der Waals surface area contributed by atoms with Crippen molar-refractivity contribution in [2.75, 3.05) is 4.90 Å². The maximum absolute atomic E-state index is 12.6. The summed E-state index contributed by atoms with van der Waals surface area (Å²) in [5, 5.41) is 0. The third-order valence-corrected chi connectivity index (χ3v) is 3.17. The second-order valence-corrected chi connectivity index (χ2v) is 6.47. The molecule has 0 saturated heterocycles. The SMILES string of the molecule is Cc1c#cccc1N(C(=O)OCc1ccccc1)C(=O)OC(C)(C)C. The van der Waals surface area contributed by atoms with Gasteiger partial charge in [0.1, 0.15) is 12.2 Å². The summed E-state index contributed by atoms with van der Waals surface area (Å²) in [7, 11) is 0. The lowest BCUT2D eigenvalue weighted by molar-refractivity contribution is 0.0564. The van der Waals surface area contributed by atoms with Crippen LogP contribution < -0.4 is 4.90 Å². The largest absolute Gasteiger partial charge is 0.444 e. The van der Waals surface area contributed by atoms with Gasteiger partial charge in [-0.25, -0.2) is 9.59 Å². The van der Waals surface area contributed by atoms with Crippen LogP contribution in [-0.4, -0.2) is 17.8 Å². The molecule has 25 heavy (non-hydrogen) atoms. The average Bonchev–Trinajstić information content (AvgIpc) is 2.54. The molecule has 2 aromatic carbocycles. The Bertz CT molecular complexity index is 735. The molecular weight excluding hydrogens is 318 g/mol. The van der Waals surface area contributed by atoms with E-state index in [4.69, 9.17) is 9.47 Å². The van der Waals surface area contributed by atoms with Gasteiger partial charge in [0.05, 0.1) is 5.69 Å². The van der Waals surface area contributed by atoms with Crippen LogP contribution in [0.4, 0.5) is 15.3 Å². The van der Waals surface area contributed by atoms with Crippen molar-refractivity contribution >= 4 is 17.9 Å². The van der Waals surface area contributed by atoms with Crippen LogP contribution in [-0.2, 0) is 16.1 Å². The van der Waals surface area contributed by atoms with Gasteiger partial charge in [-0.05, 0) is 45.4 Å². The highest BCUT2D eigenvalue weighted by Crippen LogP contribution is 2.22. The van der Waals surface area contributed by atoms with Crippen LogP contribution in [0, 0.1) is 19.1 Å². The van der Waals surface area contributed by atoms with E-state index in [1.807, 2.05) is 30.3 Å². The van der Waals surface area contributed by atoms with Gasteiger partial charge in [0.15, 0.2) is 0 Å². The molecule has 2 rings (SSSR count). The molecule has 0 saturated carbocycles. The Morgan fingerprint density at radius 2 is 1.76 bits per heavy atom. The minimum absolute atomic E-state index is 0.0562. The minimum atomic E-state index is -0.805. The van der Waals surface area contributed by atoms with Crippen molar-refractivity contribution in [1.82, 2.24) is 0 Å². The molecule has 0 heterocycles. The summed E-state index contributed by atoms with van der Waals surface area (Å²) >= 11 is 0. The van der Waals surface area contributed by atoms with Crippen LogP contribution in [0.5, 0.6) is 0 Å². The molecule has 0 atom stereocenters. The number of ether oxygens (including phenoxy) is 2. The molecule has 5 nitrogen and oxygen atoms in total. The van der Waals surface area contributed by atoms with E-state index < -0.39 is 17.8 Å². The Morgan fingerprint density at radius 3 is 2.36 bits per heavy atom. The third kappa shape index (κ3) is 5.25. The number of imide groups is 1. The van der Waals surface area contributed by atoms with Crippen LogP contribution in [0.15, 0.2) is 42.5 Å². The Balaban J connectivity index is 2.23. The first-order chi connectivity index (χ1) is 11.8. The Kier molecular flexibility index (Phi) is 5.66. The smallest absolute Gasteiger partial charge is 0.424 e. The van der Waals surface area contributed by atoms with Crippen molar-refractivity contribution in [1.29, 1.82) is 0 Å². The molecule has 0 radical (unpaired) electrons. The lowest BCUT2D eigenvalue weighted by atomic mass is 10.2. The first-order valence-electron chi connectivity index (χ1n) is 7.91. The predicted molar refractivity (Wildman–Crippen MR) is 94.2 cm³/mol. The summed E-state index contributed by atoms with van der Waals surface area (Å²) < 4.78 is 10.6. The van der Waals surface area contributed by atoms with E-state index >= 15 is 0 Å². The maximum Gasteiger partial charge on any atom is 0.424 e. The molecule has 0 N–H and O–H groups in total. The fourth-order valence-electron chi connectivity index (χ4n) is 2.06. The highest BCUT2D eigenvalue weighted by molar-refractivity contribution is 6.09. The van der Waals surface area contributed by atoms with Crippen LogP contribution in [0.1, 0.15) is 31.9 Å². The van der Waals surface area contributed by atoms with Crippen molar-refractivity contribution in [3.8, 4) is 0 Å². The van der Waals surface area contributed by atoms with E-state index in [1.54, 1.807) is 39.8 Å². The first kappa shape index (κ1) is 18.3. The zero-order valence-corrected chi connectivity index (χ0v) is 14.8. The highest BCUT2D eigenvalue weighted by atomic mass is 16.6. The van der Waals surface area contributed by atoms with Crippen molar-refractivity contribution in [3.63, 3.8) is 0 Å². The fraction of sp³-hybridized carbons (Fsp3) is 0.300. The number of carbonyl (C=O) groups is 2. The van der Waals surface area contributed by atoms with Crippen molar-refractivity contribution in [2.24, 2.45) is 0 Å². The van der Waals surface area contributed by atoms with Crippen molar-refractivity contribution < 1.29 is 19.1 Å². The minimum Gasteiger partial charge on any atom is -0.444 e. The summed E-state index contributed by atoms with van der Waals surface area (Å²) in [5.74, 6) is 0. The molecule has 0 aliphatic carbocycles. The molecule has 0 aliphatic heterocycles. The molecule has 2 aromatic rings. The number of nitrogens with zero attached hydrogens (tertiary/aromatic N) is 1. The predicted octanol–water partition coefficient (Wildman–Crippen LogP) is 4.67. The summed E-state index contributed by atoms with van der Waals surface area (Å²) in [6, 6.07) is 18.0. The number of amides is 2. The van der Waals surface area contributed by atoms with Gasteiger partial charge >= 0.3 is 12.2 Å². The van der Waals surface area contributed by atoms with E-state index in [0.717, 1.165) is 10.5 Å². The number of rotatable bonds is 3. The van der Waals surface area contributed by atoms with E-state index in [0.29, 0.717) is 11.3 Å². The molecular formula is C20H21NO4. The van der Waals surface area contributed by atoms with Crippen molar-refractivity contribution in [3.05, 3.63) is 65.7 Å². The quantitative estimate of drug-likeness (QED) is 0.815. The van der Waals surface area contributed by atoms with Gasteiger partial charge in [0.2, 0.25) is 0 Å². The monoisotopic (exact) mass is 339 g/mol. The molecule has 0 fully saturated rings. The van der Waals surface area contributed by atoms with Crippen LogP contribution in [0.2, 0.25) is 0 Å². The van der Waals surface area contributed by atoms with Gasteiger partial charge in [0.25, 0.3) is 0 Å². The molecule has 2 amide bonds. The number of hydrogen-bond acceptors (Lipinski definition) is 4. The Morgan fingerprint density at radius 1 is 1.08 bits per heavy atom. The summed E-state index contributed by atoms with van der Waals surface area (Å²) in [5.41, 5.74) is 1.02. The lowest BCUT2D eigenvalue weighted by Crippen LogP contribution is -2.41. The van der Waals surface area contributed by atoms with E-state index in [9.17, 15) is 9.59 Å². The highest BCUT2D eigenvalue weighted by Gasteiger charge is 2.31. The number of carbonyl (C=O) groups excluding carboxylic acids is 2. The first-order valence-corrected chi connectivity index (χ1v) is 7.91. The molecule has 5 heteroatoms. The van der Waals surface area contributed by atoms with Crippen molar-refractivity contribution in [2.45, 2.75) is 39.9 Å². The molecule has 0 unspecified atom stereocenters. The molecule has 130 valence electrons. The fourth-order valence-corrected chi connectivity index (χ4v) is 2.06. The number of anilines is 1. The number of benzene rings is 1. The summed E-state index contributed by atoms with van der Waals surface area (Å²) in [4.78, 5) is 26.0. The normalized spacial score (nSPS) is 10.6. The second-order valence-electron chi connectivity index (χ2n) is 6.47. The van der Waals surface area contributed by atoms with Gasteiger partial charge in [-0.1, -0.05) is 42.5 Å². The zero-order chi connectivity index (χ0) is 18.4. The molecule has 0 spiro atoms. The Hall–Kier alpha value is -3.00. The van der Waals surface area contributed by atoms with Gasteiger partial charge in [-0.15, -0.1) is 0 Å². The molecule has 0 aliphatic rings. The van der Waals surface area contributed by atoms with Crippen LogP contribution in [0.3, 0.4) is 0 Å². The van der Waals surface area contributed by atoms with Crippen LogP contribution >= 0.6 is 0 Å².